The van der Waals surface area contributed by atoms with Crippen molar-refractivity contribution in [3.8, 4) is 11.3 Å². The lowest BCUT2D eigenvalue weighted by molar-refractivity contribution is 0.0685. The molecule has 0 saturated carbocycles. The number of H-pyrrole nitrogens is 2. The number of benzene rings is 1. The first-order chi connectivity index (χ1) is 8.65. The van der Waals surface area contributed by atoms with Crippen LogP contribution in [0.25, 0.3) is 22.2 Å². The van der Waals surface area contributed by atoms with E-state index in [9.17, 15) is 4.79 Å². The first-order valence-corrected chi connectivity index (χ1v) is 5.51. The van der Waals surface area contributed by atoms with Gasteiger partial charge in [-0.15, -0.1) is 0 Å². The van der Waals surface area contributed by atoms with Gasteiger partial charge in [0.25, 0.3) is 0 Å². The Morgan fingerprint density at radius 3 is 2.94 bits per heavy atom. The average molecular weight is 241 g/mol. The molecule has 0 unspecified atom stereocenters. The standard InChI is InChI=1S/C13H11N3O2/c1-7-2-3-10-8(4-7)9(5-14-10)11-6-15-12(16-11)13(17)18/h2-6,14H,1H3,(H,15,16)(H,17,18). The Morgan fingerprint density at radius 2 is 2.22 bits per heavy atom. The molecule has 5 nitrogen and oxygen atoms in total. The number of hydrogen-bond acceptors (Lipinski definition) is 2. The van der Waals surface area contributed by atoms with Gasteiger partial charge in [-0.3, -0.25) is 0 Å². The third-order valence-electron chi connectivity index (χ3n) is 2.91. The number of nitrogens with zero attached hydrogens (tertiary/aromatic N) is 1. The molecule has 0 aliphatic carbocycles. The SMILES string of the molecule is Cc1ccc2[nH]cc(-c3cnc(C(=O)O)[nH]3)c2c1. The van der Waals surface area contributed by atoms with Crippen molar-refractivity contribution in [3.05, 3.63) is 42.0 Å². The molecule has 1 aromatic carbocycles. The summed E-state index contributed by atoms with van der Waals surface area (Å²) in [7, 11) is 0. The molecule has 0 spiro atoms. The zero-order valence-electron chi connectivity index (χ0n) is 9.69. The fraction of sp³-hybridized carbons (Fsp3) is 0.0769. The molecular weight excluding hydrogens is 230 g/mol. The van der Waals surface area contributed by atoms with Crippen LogP contribution in [0, 0.1) is 6.92 Å². The first kappa shape index (κ1) is 10.6. The highest BCUT2D eigenvalue weighted by molar-refractivity contribution is 5.95. The fourth-order valence-corrected chi connectivity index (χ4v) is 2.02. The van der Waals surface area contributed by atoms with Crippen LogP contribution in [0.2, 0.25) is 0 Å². The Labute approximate surface area is 102 Å². The molecule has 0 atom stereocenters. The van der Waals surface area contributed by atoms with Crippen LogP contribution in [0.3, 0.4) is 0 Å². The number of aromatic amines is 2. The van der Waals surface area contributed by atoms with E-state index in [4.69, 9.17) is 5.11 Å². The highest BCUT2D eigenvalue weighted by atomic mass is 16.4. The van der Waals surface area contributed by atoms with E-state index in [0.29, 0.717) is 5.69 Å². The summed E-state index contributed by atoms with van der Waals surface area (Å²) in [4.78, 5) is 20.6. The molecule has 0 bridgehead atoms. The van der Waals surface area contributed by atoms with E-state index in [-0.39, 0.29) is 5.82 Å². The predicted molar refractivity (Wildman–Crippen MR) is 67.6 cm³/mol. The number of hydrogen-bond donors (Lipinski definition) is 3. The van der Waals surface area contributed by atoms with E-state index in [2.05, 4.69) is 21.0 Å². The minimum atomic E-state index is -1.06. The van der Waals surface area contributed by atoms with Crippen molar-refractivity contribution in [1.82, 2.24) is 15.0 Å². The van der Waals surface area contributed by atoms with Gasteiger partial charge in [-0.25, -0.2) is 9.78 Å². The summed E-state index contributed by atoms with van der Waals surface area (Å²) in [5.41, 5.74) is 3.79. The van der Waals surface area contributed by atoms with Gasteiger partial charge in [0.2, 0.25) is 5.82 Å². The van der Waals surface area contributed by atoms with E-state index in [0.717, 1.165) is 22.0 Å². The van der Waals surface area contributed by atoms with E-state index >= 15 is 0 Å². The molecule has 90 valence electrons. The van der Waals surface area contributed by atoms with Crippen LogP contribution in [0.15, 0.2) is 30.6 Å². The van der Waals surface area contributed by atoms with Crippen LogP contribution in [0.5, 0.6) is 0 Å². The van der Waals surface area contributed by atoms with Crippen molar-refractivity contribution in [2.45, 2.75) is 6.92 Å². The van der Waals surface area contributed by atoms with Gasteiger partial charge in [0.1, 0.15) is 0 Å². The number of aromatic nitrogens is 3. The third kappa shape index (κ3) is 1.57. The number of carboxylic acid groups (broad SMARTS) is 1. The average Bonchev–Trinajstić information content (AvgIpc) is 2.93. The van der Waals surface area contributed by atoms with Gasteiger partial charge in [-0.2, -0.15) is 0 Å². The molecule has 0 saturated heterocycles. The van der Waals surface area contributed by atoms with Gasteiger partial charge in [0.15, 0.2) is 0 Å². The molecular formula is C13H11N3O2. The minimum Gasteiger partial charge on any atom is -0.475 e. The fourth-order valence-electron chi connectivity index (χ4n) is 2.02. The zero-order chi connectivity index (χ0) is 12.7. The van der Waals surface area contributed by atoms with Gasteiger partial charge in [0, 0.05) is 22.7 Å². The molecule has 5 heteroatoms. The zero-order valence-corrected chi connectivity index (χ0v) is 9.69. The Bertz CT molecular complexity index is 740. The van der Waals surface area contributed by atoms with Gasteiger partial charge < -0.3 is 15.1 Å². The summed E-state index contributed by atoms with van der Waals surface area (Å²) in [5.74, 6) is -1.11. The van der Waals surface area contributed by atoms with Gasteiger partial charge in [0.05, 0.1) is 11.9 Å². The van der Waals surface area contributed by atoms with E-state index in [1.165, 1.54) is 6.20 Å². The summed E-state index contributed by atoms with van der Waals surface area (Å²) >= 11 is 0. The normalized spacial score (nSPS) is 10.9. The number of carboxylic acids is 1. The predicted octanol–water partition coefficient (Wildman–Crippen LogP) is 2.56. The first-order valence-electron chi connectivity index (χ1n) is 5.51. The molecule has 0 amide bonds. The molecule has 3 aromatic rings. The Morgan fingerprint density at radius 1 is 1.39 bits per heavy atom. The number of aryl methyl sites for hydroxylation is 1. The van der Waals surface area contributed by atoms with Crippen LogP contribution in [0.4, 0.5) is 0 Å². The second-order valence-corrected chi connectivity index (χ2v) is 4.20. The van der Waals surface area contributed by atoms with Gasteiger partial charge >= 0.3 is 5.97 Å². The maximum Gasteiger partial charge on any atom is 0.371 e. The molecule has 3 N–H and O–H groups in total. The number of imidazole rings is 1. The van der Waals surface area contributed by atoms with Crippen LogP contribution in [-0.2, 0) is 0 Å². The number of carbonyl (C=O) groups is 1. The highest BCUT2D eigenvalue weighted by Gasteiger charge is 2.12. The molecule has 0 fully saturated rings. The van der Waals surface area contributed by atoms with Crippen molar-refractivity contribution < 1.29 is 9.90 Å². The lowest BCUT2D eigenvalue weighted by Crippen LogP contribution is -1.98. The largest absolute Gasteiger partial charge is 0.475 e. The summed E-state index contributed by atoms with van der Waals surface area (Å²) in [6.07, 6.45) is 3.39. The summed E-state index contributed by atoms with van der Waals surface area (Å²) in [6.45, 7) is 2.02. The van der Waals surface area contributed by atoms with Gasteiger partial charge in [-0.05, 0) is 19.1 Å². The number of rotatable bonds is 2. The maximum absolute atomic E-state index is 10.8. The molecule has 0 aliphatic rings. The quantitative estimate of drug-likeness (QED) is 0.644. The van der Waals surface area contributed by atoms with E-state index in [1.807, 2.05) is 25.3 Å². The number of aromatic carboxylic acids is 1. The number of fused-ring (bicyclic) bond motifs is 1. The van der Waals surface area contributed by atoms with Crippen molar-refractivity contribution in [2.75, 3.05) is 0 Å². The molecule has 18 heavy (non-hydrogen) atoms. The van der Waals surface area contributed by atoms with Crippen molar-refractivity contribution >= 4 is 16.9 Å². The Hall–Kier alpha value is -2.56. The third-order valence-corrected chi connectivity index (χ3v) is 2.91. The van der Waals surface area contributed by atoms with E-state index in [1.54, 1.807) is 0 Å². The van der Waals surface area contributed by atoms with Crippen molar-refractivity contribution in [3.63, 3.8) is 0 Å². The monoisotopic (exact) mass is 241 g/mol. The van der Waals surface area contributed by atoms with Crippen LogP contribution in [-0.4, -0.2) is 26.0 Å². The molecule has 3 rings (SSSR count). The summed E-state index contributed by atoms with van der Waals surface area (Å²) in [6, 6.07) is 6.09. The molecule has 0 radical (unpaired) electrons. The van der Waals surface area contributed by atoms with Crippen LogP contribution >= 0.6 is 0 Å². The molecule has 2 aromatic heterocycles. The lowest BCUT2D eigenvalue weighted by Gasteiger charge is -1.96. The highest BCUT2D eigenvalue weighted by Crippen LogP contribution is 2.27. The maximum atomic E-state index is 10.8. The lowest BCUT2D eigenvalue weighted by atomic mass is 10.1. The number of nitrogens with one attached hydrogen (secondary N) is 2. The molecule has 2 heterocycles. The second kappa shape index (κ2) is 3.73. The van der Waals surface area contributed by atoms with Crippen molar-refractivity contribution in [1.29, 1.82) is 0 Å². The van der Waals surface area contributed by atoms with Crippen LogP contribution < -0.4 is 0 Å². The Balaban J connectivity index is 2.18. The van der Waals surface area contributed by atoms with E-state index < -0.39 is 5.97 Å². The smallest absolute Gasteiger partial charge is 0.371 e. The topological polar surface area (TPSA) is 81.8 Å². The summed E-state index contributed by atoms with van der Waals surface area (Å²) in [5, 5.41) is 9.90. The van der Waals surface area contributed by atoms with Gasteiger partial charge in [-0.1, -0.05) is 11.6 Å². The second-order valence-electron chi connectivity index (χ2n) is 4.20. The summed E-state index contributed by atoms with van der Waals surface area (Å²) < 4.78 is 0. The molecule has 0 aliphatic heterocycles. The van der Waals surface area contributed by atoms with Crippen LogP contribution in [0.1, 0.15) is 16.2 Å². The minimum absolute atomic E-state index is 0.0491. The van der Waals surface area contributed by atoms with Crippen molar-refractivity contribution in [2.24, 2.45) is 0 Å². The Kier molecular flexibility index (Phi) is 2.19.